The Kier molecular flexibility index (Phi) is 6.45. The monoisotopic (exact) mass is 359 g/mol. The predicted molar refractivity (Wildman–Crippen MR) is 105 cm³/mol. The fourth-order valence-electron chi connectivity index (χ4n) is 3.33. The Labute approximate surface area is 155 Å². The molecule has 0 spiro atoms. The molecule has 1 aliphatic heterocycles. The van der Waals surface area contributed by atoms with E-state index >= 15 is 0 Å². The lowest BCUT2D eigenvalue weighted by Crippen LogP contribution is -2.38. The molecule has 1 fully saturated rings. The molecule has 0 aromatic carbocycles. The summed E-state index contributed by atoms with van der Waals surface area (Å²) in [5.41, 5.74) is 2.72. The van der Waals surface area contributed by atoms with Crippen molar-refractivity contribution in [1.29, 1.82) is 0 Å². The SMILES string of the molecule is Cc1ccsc1CN(Cc1cccnc1N1CCOCC1)CC(C)C. The smallest absolute Gasteiger partial charge is 0.133 e. The van der Waals surface area contributed by atoms with Gasteiger partial charge < -0.3 is 9.64 Å². The molecule has 2 aromatic heterocycles. The molecular weight excluding hydrogens is 330 g/mol. The van der Waals surface area contributed by atoms with Crippen molar-refractivity contribution >= 4 is 17.2 Å². The summed E-state index contributed by atoms with van der Waals surface area (Å²) < 4.78 is 5.50. The van der Waals surface area contributed by atoms with Gasteiger partial charge in [-0.05, 0) is 35.9 Å². The van der Waals surface area contributed by atoms with E-state index in [2.05, 4.69) is 54.2 Å². The van der Waals surface area contributed by atoms with Gasteiger partial charge in [0.05, 0.1) is 13.2 Å². The van der Waals surface area contributed by atoms with Crippen molar-refractivity contribution in [2.45, 2.75) is 33.9 Å². The molecule has 5 heteroatoms. The van der Waals surface area contributed by atoms with Crippen molar-refractivity contribution in [1.82, 2.24) is 9.88 Å². The number of morpholine rings is 1. The first-order chi connectivity index (χ1) is 12.1. The van der Waals surface area contributed by atoms with Crippen molar-refractivity contribution < 1.29 is 4.74 Å². The first kappa shape index (κ1) is 18.4. The van der Waals surface area contributed by atoms with Gasteiger partial charge in [-0.15, -0.1) is 11.3 Å². The molecule has 1 aliphatic rings. The van der Waals surface area contributed by atoms with E-state index in [4.69, 9.17) is 9.72 Å². The molecule has 3 rings (SSSR count). The molecule has 0 unspecified atom stereocenters. The number of aromatic nitrogens is 1. The van der Waals surface area contributed by atoms with Gasteiger partial charge in [0.15, 0.2) is 0 Å². The van der Waals surface area contributed by atoms with Crippen LogP contribution in [0.4, 0.5) is 5.82 Å². The van der Waals surface area contributed by atoms with Crippen LogP contribution in [0.1, 0.15) is 29.9 Å². The summed E-state index contributed by atoms with van der Waals surface area (Å²) in [6, 6.07) is 6.51. The average molecular weight is 360 g/mol. The van der Waals surface area contributed by atoms with Crippen LogP contribution in [0.3, 0.4) is 0 Å². The van der Waals surface area contributed by atoms with Crippen LogP contribution in [0, 0.1) is 12.8 Å². The maximum Gasteiger partial charge on any atom is 0.133 e. The molecule has 3 heterocycles. The number of ether oxygens (including phenoxy) is 1. The minimum absolute atomic E-state index is 0.642. The fraction of sp³-hybridized carbons (Fsp3) is 0.550. The van der Waals surface area contributed by atoms with Crippen molar-refractivity contribution in [3.8, 4) is 0 Å². The second kappa shape index (κ2) is 8.79. The van der Waals surface area contributed by atoms with Crippen molar-refractivity contribution in [3.63, 3.8) is 0 Å². The van der Waals surface area contributed by atoms with E-state index in [1.807, 2.05) is 17.5 Å². The normalized spacial score (nSPS) is 15.3. The molecule has 0 saturated carbocycles. The van der Waals surface area contributed by atoms with E-state index < -0.39 is 0 Å². The molecule has 136 valence electrons. The molecule has 0 N–H and O–H groups in total. The molecule has 0 aliphatic carbocycles. The van der Waals surface area contributed by atoms with Gasteiger partial charge >= 0.3 is 0 Å². The van der Waals surface area contributed by atoms with Gasteiger partial charge in [0, 0.05) is 49.4 Å². The Morgan fingerprint density at radius 1 is 1.24 bits per heavy atom. The number of hydrogen-bond donors (Lipinski definition) is 0. The van der Waals surface area contributed by atoms with Crippen LogP contribution in [0.25, 0.3) is 0 Å². The van der Waals surface area contributed by atoms with Gasteiger partial charge in [0.1, 0.15) is 5.82 Å². The molecule has 1 saturated heterocycles. The minimum atomic E-state index is 0.642. The van der Waals surface area contributed by atoms with Gasteiger partial charge in [-0.2, -0.15) is 0 Å². The van der Waals surface area contributed by atoms with E-state index in [0.717, 1.165) is 51.8 Å². The number of pyridine rings is 1. The highest BCUT2D eigenvalue weighted by Crippen LogP contribution is 2.24. The fourth-order valence-corrected chi connectivity index (χ4v) is 4.27. The van der Waals surface area contributed by atoms with E-state index in [9.17, 15) is 0 Å². The summed E-state index contributed by atoms with van der Waals surface area (Å²) in [6.07, 6.45) is 1.91. The van der Waals surface area contributed by atoms with E-state index in [-0.39, 0.29) is 0 Å². The topological polar surface area (TPSA) is 28.6 Å². The molecule has 0 atom stereocenters. The molecule has 0 radical (unpaired) electrons. The first-order valence-electron chi connectivity index (χ1n) is 9.15. The number of nitrogens with zero attached hydrogens (tertiary/aromatic N) is 3. The largest absolute Gasteiger partial charge is 0.378 e. The predicted octanol–water partition coefficient (Wildman–Crippen LogP) is 3.95. The van der Waals surface area contributed by atoms with Crippen molar-refractivity contribution in [2.75, 3.05) is 37.7 Å². The van der Waals surface area contributed by atoms with Crippen LogP contribution in [0.5, 0.6) is 0 Å². The third-order valence-electron chi connectivity index (χ3n) is 4.53. The number of rotatable bonds is 7. The van der Waals surface area contributed by atoms with Gasteiger partial charge in [-0.1, -0.05) is 19.9 Å². The minimum Gasteiger partial charge on any atom is -0.378 e. The number of anilines is 1. The van der Waals surface area contributed by atoms with Crippen molar-refractivity contribution in [2.24, 2.45) is 5.92 Å². The highest BCUT2D eigenvalue weighted by Gasteiger charge is 2.18. The highest BCUT2D eigenvalue weighted by atomic mass is 32.1. The highest BCUT2D eigenvalue weighted by molar-refractivity contribution is 7.10. The number of hydrogen-bond acceptors (Lipinski definition) is 5. The van der Waals surface area contributed by atoms with E-state index in [1.165, 1.54) is 16.0 Å². The average Bonchev–Trinajstić information content (AvgIpc) is 3.00. The zero-order valence-corrected chi connectivity index (χ0v) is 16.4. The maximum atomic E-state index is 5.50. The van der Waals surface area contributed by atoms with Crippen molar-refractivity contribution in [3.05, 3.63) is 45.8 Å². The molecule has 25 heavy (non-hydrogen) atoms. The zero-order chi connectivity index (χ0) is 17.6. The van der Waals surface area contributed by atoms with Gasteiger partial charge in [-0.3, -0.25) is 4.90 Å². The zero-order valence-electron chi connectivity index (χ0n) is 15.6. The van der Waals surface area contributed by atoms with Crippen LogP contribution in [-0.2, 0) is 17.8 Å². The quantitative estimate of drug-likeness (QED) is 0.748. The lowest BCUT2D eigenvalue weighted by Gasteiger charge is -2.31. The molecule has 4 nitrogen and oxygen atoms in total. The molecule has 2 aromatic rings. The van der Waals surface area contributed by atoms with Crippen LogP contribution in [0.2, 0.25) is 0 Å². The van der Waals surface area contributed by atoms with Gasteiger partial charge in [-0.25, -0.2) is 4.98 Å². The van der Waals surface area contributed by atoms with Crippen LogP contribution in [-0.4, -0.2) is 42.7 Å². The Bertz CT molecular complexity index is 664. The standard InChI is InChI=1S/C20H29N3OS/c1-16(2)13-22(15-19-17(3)6-12-25-19)14-18-5-4-7-21-20(18)23-8-10-24-11-9-23/h4-7,12,16H,8-11,13-15H2,1-3H3. The Morgan fingerprint density at radius 2 is 2.04 bits per heavy atom. The third-order valence-corrected chi connectivity index (χ3v) is 5.54. The summed E-state index contributed by atoms with van der Waals surface area (Å²) >= 11 is 1.86. The summed E-state index contributed by atoms with van der Waals surface area (Å²) in [5.74, 6) is 1.77. The van der Waals surface area contributed by atoms with Crippen LogP contribution >= 0.6 is 11.3 Å². The lowest BCUT2D eigenvalue weighted by atomic mass is 10.1. The molecule has 0 bridgehead atoms. The molecular formula is C20H29N3OS. The van der Waals surface area contributed by atoms with E-state index in [0.29, 0.717) is 5.92 Å². The first-order valence-corrected chi connectivity index (χ1v) is 10.0. The number of aryl methyl sites for hydroxylation is 1. The van der Waals surface area contributed by atoms with Crippen LogP contribution in [0.15, 0.2) is 29.8 Å². The molecule has 0 amide bonds. The Morgan fingerprint density at radius 3 is 2.72 bits per heavy atom. The lowest BCUT2D eigenvalue weighted by molar-refractivity contribution is 0.122. The second-order valence-electron chi connectivity index (χ2n) is 7.18. The summed E-state index contributed by atoms with van der Waals surface area (Å²) in [7, 11) is 0. The second-order valence-corrected chi connectivity index (χ2v) is 8.18. The summed E-state index contributed by atoms with van der Waals surface area (Å²) in [6.45, 7) is 13.3. The summed E-state index contributed by atoms with van der Waals surface area (Å²) in [4.78, 5) is 11.1. The van der Waals surface area contributed by atoms with E-state index in [1.54, 1.807) is 0 Å². The summed E-state index contributed by atoms with van der Waals surface area (Å²) in [5, 5.41) is 2.20. The number of thiophene rings is 1. The Balaban J connectivity index is 1.78. The van der Waals surface area contributed by atoms with Gasteiger partial charge in [0.25, 0.3) is 0 Å². The van der Waals surface area contributed by atoms with Crippen LogP contribution < -0.4 is 4.90 Å². The third kappa shape index (κ3) is 5.03. The van der Waals surface area contributed by atoms with Gasteiger partial charge in [0.2, 0.25) is 0 Å². The Hall–Kier alpha value is -1.43. The maximum absolute atomic E-state index is 5.50.